The molecule has 1 amide bonds. The van der Waals surface area contributed by atoms with Gasteiger partial charge >= 0.3 is 11.7 Å². The Hall–Kier alpha value is -1.86. The van der Waals surface area contributed by atoms with E-state index in [1.54, 1.807) is 6.26 Å². The molecule has 2 unspecified atom stereocenters. The molecule has 2 heterocycles. The lowest BCUT2D eigenvalue weighted by Gasteiger charge is -2.63. The highest BCUT2D eigenvalue weighted by molar-refractivity contribution is 5.67. The van der Waals surface area contributed by atoms with E-state index in [4.69, 9.17) is 9.15 Å². The van der Waals surface area contributed by atoms with Crippen molar-refractivity contribution < 1.29 is 19.1 Å². The lowest BCUT2D eigenvalue weighted by Crippen LogP contribution is -2.62. The molecule has 0 radical (unpaired) electrons. The van der Waals surface area contributed by atoms with Crippen molar-refractivity contribution in [1.82, 2.24) is 10.2 Å². The van der Waals surface area contributed by atoms with Gasteiger partial charge in [0, 0.05) is 31.1 Å². The van der Waals surface area contributed by atoms with E-state index >= 15 is 0 Å². The van der Waals surface area contributed by atoms with Crippen LogP contribution in [0.4, 0.5) is 4.79 Å². The van der Waals surface area contributed by atoms with Gasteiger partial charge in [-0.05, 0) is 111 Å². The average molecular weight is 513 g/mol. The molecule has 0 aromatic carbocycles. The highest BCUT2D eigenvalue weighted by Gasteiger charge is 2.67. The van der Waals surface area contributed by atoms with Crippen molar-refractivity contribution in [2.75, 3.05) is 26.2 Å². The van der Waals surface area contributed by atoms with Crippen LogP contribution in [-0.2, 0) is 4.74 Å². The summed E-state index contributed by atoms with van der Waals surface area (Å²) in [5.41, 5.74) is 0.0363. The van der Waals surface area contributed by atoms with E-state index in [1.807, 2.05) is 11.0 Å². The number of hydrogen-bond donors (Lipinski definition) is 2. The molecular formula is C30H44N2O5. The minimum absolute atomic E-state index is 0.0128. The molecule has 0 bridgehead atoms. The minimum Gasteiger partial charge on any atom is -0.446 e. The Morgan fingerprint density at radius 1 is 1.05 bits per heavy atom. The summed E-state index contributed by atoms with van der Waals surface area (Å²) in [5, 5.41) is 15.8. The van der Waals surface area contributed by atoms with Crippen LogP contribution in [0.25, 0.3) is 0 Å². The summed E-state index contributed by atoms with van der Waals surface area (Å²) in [6, 6.07) is 3.42. The van der Waals surface area contributed by atoms with Crippen molar-refractivity contribution in [3.8, 4) is 0 Å². The molecule has 5 aliphatic rings. The largest absolute Gasteiger partial charge is 0.446 e. The molecule has 204 valence electrons. The molecular weight excluding hydrogens is 468 g/mol. The van der Waals surface area contributed by atoms with Crippen LogP contribution < -0.4 is 10.9 Å². The normalized spacial score (nSPS) is 43.8. The first-order valence-electron chi connectivity index (χ1n) is 14.7. The van der Waals surface area contributed by atoms with E-state index in [-0.39, 0.29) is 34.6 Å². The van der Waals surface area contributed by atoms with Crippen molar-refractivity contribution in [2.45, 2.75) is 95.7 Å². The zero-order chi connectivity index (χ0) is 25.8. The number of nitrogens with zero attached hydrogens (tertiary/aromatic N) is 1. The summed E-state index contributed by atoms with van der Waals surface area (Å²) in [6.45, 7) is 8.06. The maximum atomic E-state index is 12.9. The fraction of sp³-hybridized carbons (Fsp3) is 0.800. The van der Waals surface area contributed by atoms with Crippen LogP contribution in [0.5, 0.6) is 0 Å². The van der Waals surface area contributed by atoms with E-state index < -0.39 is 5.60 Å². The number of carbonyl (C=O) groups is 1. The molecule has 1 aliphatic heterocycles. The fourth-order valence-electron chi connectivity index (χ4n) is 9.64. The van der Waals surface area contributed by atoms with E-state index in [2.05, 4.69) is 19.2 Å². The van der Waals surface area contributed by atoms with Gasteiger partial charge in [-0.25, -0.2) is 9.59 Å². The second-order valence-electron chi connectivity index (χ2n) is 13.2. The van der Waals surface area contributed by atoms with Gasteiger partial charge in [-0.1, -0.05) is 13.8 Å². The summed E-state index contributed by atoms with van der Waals surface area (Å²) < 4.78 is 11.3. The summed E-state index contributed by atoms with van der Waals surface area (Å²) in [5.74, 6) is 1.57. The summed E-state index contributed by atoms with van der Waals surface area (Å²) >= 11 is 0. The number of nitrogens with one attached hydrogen (secondary N) is 1. The molecule has 1 aromatic rings. The predicted molar refractivity (Wildman–Crippen MR) is 140 cm³/mol. The van der Waals surface area contributed by atoms with Crippen LogP contribution in [0.3, 0.4) is 0 Å². The van der Waals surface area contributed by atoms with Crippen molar-refractivity contribution in [3.05, 3.63) is 34.4 Å². The molecule has 1 saturated heterocycles. The van der Waals surface area contributed by atoms with Crippen LogP contribution in [0.15, 0.2) is 27.6 Å². The van der Waals surface area contributed by atoms with Crippen molar-refractivity contribution >= 4 is 6.09 Å². The zero-order valence-corrected chi connectivity index (χ0v) is 22.5. The van der Waals surface area contributed by atoms with Gasteiger partial charge in [0.05, 0.1) is 11.9 Å². The molecule has 7 heteroatoms. The third-order valence-electron chi connectivity index (χ3n) is 11.8. The standard InChI is InChI=1S/C30H44N2O5/c1-28-11-8-22(37-27(34)32-16-3-14-31-15-17-32)18-21(28)5-6-25-24(28)9-12-29(2)23(10-13-30(25,29)35)20-4-7-26(33)36-19-20/h4,7,19,21-25,31,35H,3,5-6,8-18H2,1-2H3/t21-,22?,23-,24+,25?,28+,29-,30+/m1/s1. The Morgan fingerprint density at radius 3 is 2.73 bits per heavy atom. The molecule has 2 N–H and O–H groups in total. The predicted octanol–water partition coefficient (Wildman–Crippen LogP) is 4.68. The van der Waals surface area contributed by atoms with E-state index in [9.17, 15) is 14.7 Å². The van der Waals surface area contributed by atoms with Crippen molar-refractivity contribution in [3.63, 3.8) is 0 Å². The number of fused-ring (bicyclic) bond motifs is 5. The van der Waals surface area contributed by atoms with Gasteiger partial charge in [-0.2, -0.15) is 0 Å². The number of hydrogen-bond acceptors (Lipinski definition) is 6. The second kappa shape index (κ2) is 9.41. The van der Waals surface area contributed by atoms with Gasteiger partial charge in [-0.15, -0.1) is 0 Å². The van der Waals surface area contributed by atoms with Crippen LogP contribution >= 0.6 is 0 Å². The Bertz CT molecular complexity index is 1050. The summed E-state index contributed by atoms with van der Waals surface area (Å²) in [6.07, 6.45) is 11.5. The average Bonchev–Trinajstić information content (AvgIpc) is 3.04. The van der Waals surface area contributed by atoms with Crippen LogP contribution in [0.1, 0.15) is 89.5 Å². The van der Waals surface area contributed by atoms with Gasteiger partial charge in [0.1, 0.15) is 6.10 Å². The van der Waals surface area contributed by atoms with Gasteiger partial charge in [-0.3, -0.25) is 0 Å². The highest BCUT2D eigenvalue weighted by atomic mass is 16.6. The van der Waals surface area contributed by atoms with Crippen molar-refractivity contribution in [1.29, 1.82) is 0 Å². The van der Waals surface area contributed by atoms with Gasteiger partial charge in [0.2, 0.25) is 0 Å². The molecule has 1 aromatic heterocycles. The highest BCUT2D eigenvalue weighted by Crippen LogP contribution is 2.70. The number of ether oxygens (including phenoxy) is 1. The molecule has 0 spiro atoms. The maximum Gasteiger partial charge on any atom is 0.410 e. The lowest BCUT2D eigenvalue weighted by atomic mass is 9.43. The summed E-state index contributed by atoms with van der Waals surface area (Å²) in [4.78, 5) is 26.3. The smallest absolute Gasteiger partial charge is 0.410 e. The Balaban J connectivity index is 1.16. The first kappa shape index (κ1) is 25.4. The molecule has 37 heavy (non-hydrogen) atoms. The third-order valence-corrected chi connectivity index (χ3v) is 11.8. The zero-order valence-electron chi connectivity index (χ0n) is 22.5. The van der Waals surface area contributed by atoms with E-state index in [1.165, 1.54) is 6.07 Å². The van der Waals surface area contributed by atoms with Crippen LogP contribution in [-0.4, -0.2) is 54.0 Å². The molecule has 8 atom stereocenters. The first-order valence-corrected chi connectivity index (χ1v) is 14.7. The number of aliphatic hydroxyl groups is 1. The Morgan fingerprint density at radius 2 is 1.92 bits per heavy atom. The van der Waals surface area contributed by atoms with Crippen LogP contribution in [0, 0.1) is 28.6 Å². The molecule has 6 rings (SSSR count). The Labute approximate surface area is 220 Å². The number of carbonyl (C=O) groups excluding carboxylic acids is 1. The monoisotopic (exact) mass is 512 g/mol. The maximum absolute atomic E-state index is 12.9. The quantitative estimate of drug-likeness (QED) is 0.598. The molecule has 4 aliphatic carbocycles. The van der Waals surface area contributed by atoms with Gasteiger partial charge in [0.25, 0.3) is 0 Å². The van der Waals surface area contributed by atoms with Gasteiger partial charge in [0.15, 0.2) is 0 Å². The second-order valence-corrected chi connectivity index (χ2v) is 13.2. The van der Waals surface area contributed by atoms with Crippen molar-refractivity contribution in [2.24, 2.45) is 28.6 Å². The van der Waals surface area contributed by atoms with E-state index in [0.29, 0.717) is 17.8 Å². The van der Waals surface area contributed by atoms with Gasteiger partial charge < -0.3 is 24.5 Å². The first-order chi connectivity index (χ1) is 17.7. The fourth-order valence-corrected chi connectivity index (χ4v) is 9.64. The minimum atomic E-state index is -0.686. The lowest BCUT2D eigenvalue weighted by molar-refractivity contribution is -0.205. The SMILES string of the molecule is C[C@]12CCC(OC(=O)N3CCCNCC3)C[C@H]1CCC1[C@@H]2CC[C@]2(C)[C@@H](c3ccc(=O)oc3)CC[C@]12O. The summed E-state index contributed by atoms with van der Waals surface area (Å²) in [7, 11) is 0. The van der Waals surface area contributed by atoms with E-state index in [0.717, 1.165) is 96.0 Å². The number of amides is 1. The molecule has 7 nitrogen and oxygen atoms in total. The Kier molecular flexibility index (Phi) is 6.46. The number of rotatable bonds is 2. The topological polar surface area (TPSA) is 92.0 Å². The molecule has 4 saturated carbocycles. The molecule has 5 fully saturated rings. The third kappa shape index (κ3) is 4.07. The van der Waals surface area contributed by atoms with Crippen LogP contribution in [0.2, 0.25) is 0 Å².